The van der Waals surface area contributed by atoms with Gasteiger partial charge in [-0.1, -0.05) is 0 Å². The van der Waals surface area contributed by atoms with Gasteiger partial charge in [-0.3, -0.25) is 0 Å². The van der Waals surface area contributed by atoms with E-state index < -0.39 is 0 Å². The Bertz CT molecular complexity index is 708. The number of benzene rings is 1. The summed E-state index contributed by atoms with van der Waals surface area (Å²) in [5, 5.41) is 1.97. The second kappa shape index (κ2) is 4.27. The van der Waals surface area contributed by atoms with Gasteiger partial charge in [-0.2, -0.15) is 0 Å². The summed E-state index contributed by atoms with van der Waals surface area (Å²) in [6.45, 7) is 1.96. The number of hydrogen-bond donors (Lipinski definition) is 1. The maximum absolute atomic E-state index is 5.84. The minimum atomic E-state index is 0.586. The van der Waals surface area contributed by atoms with E-state index >= 15 is 0 Å². The standard InChI is InChI=1S/C13H11N3OS/c1-8-6-9(14)2-3-11(8)17-13-12-10(4-5-18-12)15-7-16-13/h2-7H,14H2,1H3. The molecule has 0 saturated heterocycles. The third-order valence-electron chi connectivity index (χ3n) is 2.62. The van der Waals surface area contributed by atoms with E-state index in [2.05, 4.69) is 9.97 Å². The topological polar surface area (TPSA) is 61.0 Å². The molecular formula is C13H11N3OS. The summed E-state index contributed by atoms with van der Waals surface area (Å²) in [5.74, 6) is 1.35. The molecule has 0 amide bonds. The summed E-state index contributed by atoms with van der Waals surface area (Å²) in [4.78, 5) is 8.36. The summed E-state index contributed by atoms with van der Waals surface area (Å²) >= 11 is 1.57. The van der Waals surface area contributed by atoms with Gasteiger partial charge >= 0.3 is 0 Å². The first-order valence-corrected chi connectivity index (χ1v) is 6.34. The maximum Gasteiger partial charge on any atom is 0.240 e. The van der Waals surface area contributed by atoms with E-state index in [1.54, 1.807) is 11.3 Å². The summed E-state index contributed by atoms with van der Waals surface area (Å²) in [6, 6.07) is 7.49. The van der Waals surface area contributed by atoms with Gasteiger partial charge in [0.25, 0.3) is 0 Å². The molecule has 3 rings (SSSR count). The molecule has 0 bridgehead atoms. The van der Waals surface area contributed by atoms with Gasteiger partial charge in [0.15, 0.2) is 0 Å². The second-order valence-electron chi connectivity index (χ2n) is 3.94. The van der Waals surface area contributed by atoms with Crippen molar-refractivity contribution in [2.75, 3.05) is 5.73 Å². The molecule has 0 atom stereocenters. The summed E-state index contributed by atoms with van der Waals surface area (Å²) < 4.78 is 6.79. The number of aromatic nitrogens is 2. The molecule has 0 saturated carbocycles. The SMILES string of the molecule is Cc1cc(N)ccc1Oc1ncnc2ccsc12. The molecule has 0 unspecified atom stereocenters. The molecule has 2 aromatic heterocycles. The van der Waals surface area contributed by atoms with Crippen molar-refractivity contribution < 1.29 is 4.74 Å². The number of rotatable bonds is 2. The van der Waals surface area contributed by atoms with Gasteiger partial charge in [0.2, 0.25) is 5.88 Å². The van der Waals surface area contributed by atoms with Crippen molar-refractivity contribution in [1.29, 1.82) is 0 Å². The van der Waals surface area contributed by atoms with Gasteiger partial charge in [0.05, 0.1) is 5.52 Å². The highest BCUT2D eigenvalue weighted by atomic mass is 32.1. The Morgan fingerprint density at radius 1 is 1.22 bits per heavy atom. The van der Waals surface area contributed by atoms with Gasteiger partial charge in [-0.25, -0.2) is 9.97 Å². The van der Waals surface area contributed by atoms with Gasteiger partial charge in [-0.05, 0) is 42.1 Å². The van der Waals surface area contributed by atoms with Crippen LogP contribution in [0.25, 0.3) is 10.2 Å². The average Bonchev–Trinajstić information content (AvgIpc) is 2.82. The van der Waals surface area contributed by atoms with Gasteiger partial charge in [-0.15, -0.1) is 11.3 Å². The van der Waals surface area contributed by atoms with E-state index in [9.17, 15) is 0 Å². The van der Waals surface area contributed by atoms with E-state index in [1.807, 2.05) is 36.6 Å². The fraction of sp³-hybridized carbons (Fsp3) is 0.0769. The number of ether oxygens (including phenoxy) is 1. The zero-order chi connectivity index (χ0) is 12.5. The lowest BCUT2D eigenvalue weighted by atomic mass is 10.2. The number of nitrogens with two attached hydrogens (primary N) is 1. The van der Waals surface area contributed by atoms with E-state index in [1.165, 1.54) is 6.33 Å². The lowest BCUT2D eigenvalue weighted by Crippen LogP contribution is -1.93. The van der Waals surface area contributed by atoms with E-state index in [0.29, 0.717) is 5.88 Å². The molecule has 3 aromatic rings. The number of fused-ring (bicyclic) bond motifs is 1. The highest BCUT2D eigenvalue weighted by Crippen LogP contribution is 2.32. The van der Waals surface area contributed by atoms with Gasteiger partial charge in [0, 0.05) is 5.69 Å². The minimum absolute atomic E-state index is 0.586. The number of aryl methyl sites for hydroxylation is 1. The van der Waals surface area contributed by atoms with Crippen LogP contribution in [0.4, 0.5) is 5.69 Å². The molecule has 0 aliphatic carbocycles. The molecule has 0 spiro atoms. The number of anilines is 1. The number of nitrogens with zero attached hydrogens (tertiary/aromatic N) is 2. The van der Waals surface area contributed by atoms with Crippen molar-refractivity contribution in [3.63, 3.8) is 0 Å². The molecular weight excluding hydrogens is 246 g/mol. The maximum atomic E-state index is 5.84. The van der Waals surface area contributed by atoms with E-state index in [4.69, 9.17) is 10.5 Å². The molecule has 0 aliphatic rings. The fourth-order valence-corrected chi connectivity index (χ4v) is 2.50. The van der Waals surface area contributed by atoms with Crippen LogP contribution >= 0.6 is 11.3 Å². The largest absolute Gasteiger partial charge is 0.437 e. The lowest BCUT2D eigenvalue weighted by molar-refractivity contribution is 0.465. The first kappa shape index (κ1) is 11.0. The van der Waals surface area contributed by atoms with Crippen molar-refractivity contribution in [2.45, 2.75) is 6.92 Å². The van der Waals surface area contributed by atoms with Gasteiger partial charge in [0.1, 0.15) is 16.8 Å². The van der Waals surface area contributed by atoms with Crippen molar-refractivity contribution in [1.82, 2.24) is 9.97 Å². The number of hydrogen-bond acceptors (Lipinski definition) is 5. The molecule has 0 radical (unpaired) electrons. The zero-order valence-electron chi connectivity index (χ0n) is 9.75. The van der Waals surface area contributed by atoms with Crippen molar-refractivity contribution in [3.8, 4) is 11.6 Å². The highest BCUT2D eigenvalue weighted by molar-refractivity contribution is 7.17. The Morgan fingerprint density at radius 2 is 2.11 bits per heavy atom. The fourth-order valence-electron chi connectivity index (χ4n) is 1.73. The van der Waals surface area contributed by atoms with Crippen LogP contribution in [-0.4, -0.2) is 9.97 Å². The monoisotopic (exact) mass is 257 g/mol. The molecule has 4 nitrogen and oxygen atoms in total. The molecule has 18 heavy (non-hydrogen) atoms. The normalized spacial score (nSPS) is 10.7. The van der Waals surface area contributed by atoms with Gasteiger partial charge < -0.3 is 10.5 Å². The first-order chi connectivity index (χ1) is 8.74. The van der Waals surface area contributed by atoms with Crippen LogP contribution in [0.3, 0.4) is 0 Å². The number of thiophene rings is 1. The smallest absolute Gasteiger partial charge is 0.240 e. The molecule has 5 heteroatoms. The predicted molar refractivity (Wildman–Crippen MR) is 73.1 cm³/mol. The van der Waals surface area contributed by atoms with Crippen LogP contribution in [0.2, 0.25) is 0 Å². The zero-order valence-corrected chi connectivity index (χ0v) is 10.6. The second-order valence-corrected chi connectivity index (χ2v) is 4.86. The summed E-state index contributed by atoms with van der Waals surface area (Å²) in [5.41, 5.74) is 8.33. The predicted octanol–water partition coefficient (Wildman–Crippen LogP) is 3.37. The third kappa shape index (κ3) is 1.89. The van der Waals surface area contributed by atoms with Crippen LogP contribution in [0.1, 0.15) is 5.56 Å². The summed E-state index contributed by atoms with van der Waals surface area (Å²) in [6.07, 6.45) is 1.51. The first-order valence-electron chi connectivity index (χ1n) is 5.46. The molecule has 2 N–H and O–H groups in total. The quantitative estimate of drug-likeness (QED) is 0.715. The van der Waals surface area contributed by atoms with Crippen LogP contribution in [0.5, 0.6) is 11.6 Å². The molecule has 1 aromatic carbocycles. The number of nitrogen functional groups attached to an aromatic ring is 1. The lowest BCUT2D eigenvalue weighted by Gasteiger charge is -2.08. The molecule has 0 aliphatic heterocycles. The highest BCUT2D eigenvalue weighted by Gasteiger charge is 2.08. The Hall–Kier alpha value is -2.14. The summed E-state index contributed by atoms with van der Waals surface area (Å²) in [7, 11) is 0. The average molecular weight is 257 g/mol. The molecule has 90 valence electrons. The van der Waals surface area contributed by atoms with E-state index in [-0.39, 0.29) is 0 Å². The van der Waals surface area contributed by atoms with Crippen molar-refractivity contribution in [3.05, 3.63) is 41.5 Å². The molecule has 0 fully saturated rings. The minimum Gasteiger partial charge on any atom is -0.437 e. The van der Waals surface area contributed by atoms with E-state index in [0.717, 1.165) is 27.2 Å². The van der Waals surface area contributed by atoms with Crippen molar-refractivity contribution in [2.24, 2.45) is 0 Å². The van der Waals surface area contributed by atoms with Crippen LogP contribution in [0.15, 0.2) is 36.0 Å². The Labute approximate surface area is 108 Å². The Kier molecular flexibility index (Phi) is 2.60. The van der Waals surface area contributed by atoms with Crippen LogP contribution in [0, 0.1) is 6.92 Å². The van der Waals surface area contributed by atoms with Crippen LogP contribution < -0.4 is 10.5 Å². The third-order valence-corrected chi connectivity index (χ3v) is 3.51. The van der Waals surface area contributed by atoms with Crippen molar-refractivity contribution >= 4 is 27.2 Å². The Morgan fingerprint density at radius 3 is 2.94 bits per heavy atom. The Balaban J connectivity index is 2.03. The van der Waals surface area contributed by atoms with Crippen LogP contribution in [-0.2, 0) is 0 Å². The molecule has 2 heterocycles.